The van der Waals surface area contributed by atoms with Gasteiger partial charge in [-0.05, 0) is 67.7 Å². The van der Waals surface area contributed by atoms with E-state index in [9.17, 15) is 4.79 Å². The summed E-state index contributed by atoms with van der Waals surface area (Å²) in [7, 11) is 0. The highest BCUT2D eigenvalue weighted by Gasteiger charge is 2.65. The molecule has 31 heavy (non-hydrogen) atoms. The van der Waals surface area contributed by atoms with Gasteiger partial charge in [0.2, 0.25) is 0 Å². The lowest BCUT2D eigenvalue weighted by Gasteiger charge is -2.51. The molecule has 2 aliphatic carbocycles. The molecule has 1 aromatic carbocycles. The van der Waals surface area contributed by atoms with Gasteiger partial charge in [0, 0.05) is 49.4 Å². The van der Waals surface area contributed by atoms with Crippen LogP contribution in [0.4, 0.5) is 5.69 Å². The molecule has 5 nitrogen and oxygen atoms in total. The summed E-state index contributed by atoms with van der Waals surface area (Å²) in [5.41, 5.74) is 1.62. The average molecular weight is 445 g/mol. The number of anilines is 1. The van der Waals surface area contributed by atoms with Crippen molar-refractivity contribution in [2.24, 2.45) is 23.2 Å². The second-order valence-corrected chi connectivity index (χ2v) is 11.3. The number of hydrogen-bond acceptors (Lipinski definition) is 5. The van der Waals surface area contributed by atoms with Crippen molar-refractivity contribution < 1.29 is 14.3 Å². The van der Waals surface area contributed by atoms with Crippen molar-refractivity contribution in [2.75, 3.05) is 44.2 Å². The van der Waals surface area contributed by atoms with Crippen LogP contribution in [0.1, 0.15) is 39.0 Å². The van der Waals surface area contributed by atoms with Gasteiger partial charge in [-0.25, -0.2) is 0 Å². The molecule has 0 aromatic heterocycles. The van der Waals surface area contributed by atoms with Crippen molar-refractivity contribution in [1.29, 1.82) is 0 Å². The molecule has 3 aliphatic heterocycles. The smallest absolute Gasteiger partial charge is 0.310 e. The van der Waals surface area contributed by atoms with Gasteiger partial charge in [-0.15, -0.1) is 0 Å². The van der Waals surface area contributed by atoms with Crippen molar-refractivity contribution >= 4 is 23.3 Å². The van der Waals surface area contributed by atoms with Crippen molar-refractivity contribution in [3.05, 3.63) is 29.3 Å². The number of nitrogens with zero attached hydrogens (tertiary/aromatic N) is 2. The number of piperazine rings is 1. The molecule has 3 saturated heterocycles. The molecule has 5 aliphatic rings. The first-order chi connectivity index (χ1) is 15.0. The minimum absolute atomic E-state index is 0.0226. The Kier molecular flexibility index (Phi) is 4.82. The maximum absolute atomic E-state index is 12.9. The summed E-state index contributed by atoms with van der Waals surface area (Å²) in [4.78, 5) is 17.8. The highest BCUT2D eigenvalue weighted by atomic mass is 35.5. The molecule has 1 aromatic rings. The Bertz CT molecular complexity index is 849. The number of benzene rings is 1. The number of carbonyl (C=O) groups excluding carboxylic acids is 1. The van der Waals surface area contributed by atoms with Gasteiger partial charge in [0.1, 0.15) is 6.10 Å². The van der Waals surface area contributed by atoms with E-state index in [0.29, 0.717) is 11.8 Å². The van der Waals surface area contributed by atoms with Crippen LogP contribution in [0.15, 0.2) is 24.3 Å². The second-order valence-electron chi connectivity index (χ2n) is 10.9. The molecule has 3 heterocycles. The number of hydrogen-bond donors (Lipinski definition) is 0. The molecule has 0 amide bonds. The monoisotopic (exact) mass is 444 g/mol. The van der Waals surface area contributed by atoms with E-state index in [1.165, 1.54) is 24.9 Å². The zero-order valence-corrected chi connectivity index (χ0v) is 19.2. The number of rotatable bonds is 3. The van der Waals surface area contributed by atoms with E-state index >= 15 is 0 Å². The van der Waals surface area contributed by atoms with Crippen molar-refractivity contribution in [2.45, 2.75) is 50.7 Å². The molecule has 0 bridgehead atoms. The molecule has 0 radical (unpaired) electrons. The van der Waals surface area contributed by atoms with Crippen LogP contribution in [0, 0.1) is 23.2 Å². The number of carbonyl (C=O) groups is 1. The lowest BCUT2D eigenvalue weighted by atomic mass is 9.53. The maximum atomic E-state index is 12.9. The summed E-state index contributed by atoms with van der Waals surface area (Å²) in [6.07, 6.45) is 5.95. The highest BCUT2D eigenvalue weighted by molar-refractivity contribution is 6.30. The van der Waals surface area contributed by atoms with Gasteiger partial charge in [-0.1, -0.05) is 18.5 Å². The van der Waals surface area contributed by atoms with E-state index in [1.807, 2.05) is 12.1 Å². The van der Waals surface area contributed by atoms with Gasteiger partial charge in [-0.2, -0.15) is 0 Å². The van der Waals surface area contributed by atoms with Crippen LogP contribution >= 0.6 is 11.6 Å². The third-order valence-corrected chi connectivity index (χ3v) is 9.35. The van der Waals surface area contributed by atoms with Crippen molar-refractivity contribution in [1.82, 2.24) is 4.90 Å². The molecular formula is C25H33ClN2O3. The van der Waals surface area contributed by atoms with E-state index in [4.69, 9.17) is 21.1 Å². The predicted octanol–water partition coefficient (Wildman–Crippen LogP) is 3.99. The van der Waals surface area contributed by atoms with E-state index in [0.717, 1.165) is 57.2 Å². The normalized spacial score (nSPS) is 42.3. The molecule has 2 saturated carbocycles. The summed E-state index contributed by atoms with van der Waals surface area (Å²) in [6, 6.07) is 8.10. The van der Waals surface area contributed by atoms with Crippen LogP contribution in [0.2, 0.25) is 5.02 Å². The summed E-state index contributed by atoms with van der Waals surface area (Å²) in [5, 5.41) is 0.775. The van der Waals surface area contributed by atoms with Gasteiger partial charge in [0.05, 0.1) is 18.1 Å². The third-order valence-electron chi connectivity index (χ3n) is 9.10. The van der Waals surface area contributed by atoms with Gasteiger partial charge in [0.25, 0.3) is 0 Å². The van der Waals surface area contributed by atoms with Crippen LogP contribution in [0.3, 0.4) is 0 Å². The zero-order chi connectivity index (χ0) is 21.2. The average Bonchev–Trinajstić information content (AvgIpc) is 3.46. The Labute approximate surface area is 190 Å². The largest absolute Gasteiger partial charge is 0.462 e. The first-order valence-corrected chi connectivity index (χ1v) is 12.4. The summed E-state index contributed by atoms with van der Waals surface area (Å²) < 4.78 is 12.0. The Morgan fingerprint density at radius 2 is 1.87 bits per heavy atom. The van der Waals surface area contributed by atoms with E-state index in [-0.39, 0.29) is 29.0 Å². The fourth-order valence-corrected chi connectivity index (χ4v) is 7.41. The SMILES string of the molecule is C[C@]12CCC[C@]3(CO3)[C@@H]1C[C@@H]1[C@H](CN3CCN(c4ccc(Cl)cc4)CC3)C(=O)O[C@@H]1C2. The minimum atomic E-state index is 0.0226. The molecule has 1 spiro atoms. The van der Waals surface area contributed by atoms with E-state index < -0.39 is 0 Å². The second kappa shape index (κ2) is 7.36. The topological polar surface area (TPSA) is 45.3 Å². The summed E-state index contributed by atoms with van der Waals surface area (Å²) in [6.45, 7) is 8.12. The van der Waals surface area contributed by atoms with Crippen molar-refractivity contribution in [3.8, 4) is 0 Å². The molecule has 6 rings (SSSR count). The van der Waals surface area contributed by atoms with Crippen molar-refractivity contribution in [3.63, 3.8) is 0 Å². The van der Waals surface area contributed by atoms with E-state index in [1.54, 1.807) is 0 Å². The van der Waals surface area contributed by atoms with Gasteiger partial charge < -0.3 is 14.4 Å². The fraction of sp³-hybridized carbons (Fsp3) is 0.720. The molecule has 6 heteroatoms. The zero-order valence-electron chi connectivity index (χ0n) is 18.4. The van der Waals surface area contributed by atoms with E-state index in [2.05, 4.69) is 28.9 Å². The molecule has 0 N–H and O–H groups in total. The number of ether oxygens (including phenoxy) is 2. The highest BCUT2D eigenvalue weighted by Crippen LogP contribution is 2.62. The van der Waals surface area contributed by atoms with Crippen LogP contribution in [-0.4, -0.2) is 61.9 Å². The first kappa shape index (κ1) is 20.3. The van der Waals surface area contributed by atoms with Gasteiger partial charge >= 0.3 is 5.97 Å². The Morgan fingerprint density at radius 3 is 2.58 bits per heavy atom. The number of epoxide rings is 1. The Hall–Kier alpha value is -1.30. The number of halogens is 1. The van der Waals surface area contributed by atoms with Gasteiger partial charge in [0.15, 0.2) is 0 Å². The quantitative estimate of drug-likeness (QED) is 0.521. The number of esters is 1. The minimum Gasteiger partial charge on any atom is -0.462 e. The summed E-state index contributed by atoms with van der Waals surface area (Å²) in [5.74, 6) is 1.02. The molecule has 6 atom stereocenters. The fourth-order valence-electron chi connectivity index (χ4n) is 7.28. The Balaban J connectivity index is 1.11. The third kappa shape index (κ3) is 3.48. The van der Waals surface area contributed by atoms with Crippen LogP contribution in [0.5, 0.6) is 0 Å². The molecule has 5 fully saturated rings. The van der Waals surface area contributed by atoms with Gasteiger partial charge in [-0.3, -0.25) is 9.69 Å². The number of fused-ring (bicyclic) bond motifs is 3. The molecule has 168 valence electrons. The maximum Gasteiger partial charge on any atom is 0.310 e. The Morgan fingerprint density at radius 1 is 1.13 bits per heavy atom. The van der Waals surface area contributed by atoms with Crippen LogP contribution in [-0.2, 0) is 14.3 Å². The molecule has 0 unspecified atom stereocenters. The van der Waals surface area contributed by atoms with Crippen LogP contribution < -0.4 is 4.90 Å². The lowest BCUT2D eigenvalue weighted by Crippen LogP contribution is -2.52. The standard InChI is InChI=1S/C25H33ClN2O3/c1-24-7-2-8-25(16-30-25)22(24)13-19-20(23(29)31-21(19)14-24)15-27-9-11-28(12-10-27)18-5-3-17(26)4-6-18/h3-6,19-22H,2,7-16H2,1H3/t19-,20+,21-,22-,24-,25+/m1/s1. The lowest BCUT2D eigenvalue weighted by molar-refractivity contribution is -0.147. The molecular weight excluding hydrogens is 412 g/mol. The first-order valence-electron chi connectivity index (χ1n) is 12.0. The van der Waals surface area contributed by atoms with Crippen LogP contribution in [0.25, 0.3) is 0 Å². The summed E-state index contributed by atoms with van der Waals surface area (Å²) >= 11 is 6.03. The predicted molar refractivity (Wildman–Crippen MR) is 120 cm³/mol.